The van der Waals surface area contributed by atoms with Crippen LogP contribution >= 0.6 is 35.0 Å². The maximum atomic E-state index is 5.81. The van der Waals surface area contributed by atoms with Crippen LogP contribution in [0.1, 0.15) is 0 Å². The zero-order valence-electron chi connectivity index (χ0n) is 11.4. The summed E-state index contributed by atoms with van der Waals surface area (Å²) in [4.78, 5) is 0. The van der Waals surface area contributed by atoms with Crippen LogP contribution in [0.2, 0.25) is 10.0 Å². The third-order valence-electron chi connectivity index (χ3n) is 2.62. The lowest BCUT2D eigenvalue weighted by Crippen LogP contribution is -2.04. The molecule has 21 heavy (non-hydrogen) atoms. The van der Waals surface area contributed by atoms with E-state index in [0.717, 1.165) is 33.0 Å². The number of halogens is 2. The fourth-order valence-corrected chi connectivity index (χ4v) is 2.46. The lowest BCUT2D eigenvalue weighted by atomic mass is 10.3. The molecule has 2 nitrogen and oxygen atoms in total. The van der Waals surface area contributed by atoms with Gasteiger partial charge in [0, 0.05) is 21.6 Å². The van der Waals surface area contributed by atoms with Gasteiger partial charge in [-0.15, -0.1) is 0 Å². The summed E-state index contributed by atoms with van der Waals surface area (Å²) in [7, 11) is 0. The van der Waals surface area contributed by atoms with Crippen molar-refractivity contribution >= 4 is 35.0 Å². The fourth-order valence-electron chi connectivity index (χ4n) is 1.60. The summed E-state index contributed by atoms with van der Waals surface area (Å²) in [6.45, 7) is 1.35. The molecule has 2 rings (SSSR count). The second-order valence-electron chi connectivity index (χ2n) is 4.22. The first-order valence-corrected chi connectivity index (χ1v) is 8.49. The Morgan fingerprint density at radius 2 is 1.05 bits per heavy atom. The maximum absolute atomic E-state index is 5.81. The molecular formula is C16H16Cl2O2S. The van der Waals surface area contributed by atoms with Gasteiger partial charge in [0.25, 0.3) is 0 Å². The third kappa shape index (κ3) is 6.51. The van der Waals surface area contributed by atoms with Crippen LogP contribution in [0.5, 0.6) is 11.5 Å². The van der Waals surface area contributed by atoms with Crippen LogP contribution in [0.25, 0.3) is 0 Å². The Kier molecular flexibility index (Phi) is 7.07. The van der Waals surface area contributed by atoms with Crippen molar-refractivity contribution in [3.05, 3.63) is 58.6 Å². The van der Waals surface area contributed by atoms with Crippen molar-refractivity contribution in [3.63, 3.8) is 0 Å². The van der Waals surface area contributed by atoms with Gasteiger partial charge in [-0.2, -0.15) is 11.8 Å². The van der Waals surface area contributed by atoms with Gasteiger partial charge < -0.3 is 9.47 Å². The number of thioether (sulfide) groups is 1. The molecule has 0 aromatic heterocycles. The molecule has 0 atom stereocenters. The number of hydrogen-bond acceptors (Lipinski definition) is 3. The number of rotatable bonds is 8. The summed E-state index contributed by atoms with van der Waals surface area (Å²) < 4.78 is 11.2. The van der Waals surface area contributed by atoms with Crippen LogP contribution in [0.4, 0.5) is 0 Å². The van der Waals surface area contributed by atoms with E-state index in [1.807, 2.05) is 48.5 Å². The average molecular weight is 343 g/mol. The van der Waals surface area contributed by atoms with Gasteiger partial charge in [0.05, 0.1) is 13.2 Å². The van der Waals surface area contributed by atoms with Crippen molar-refractivity contribution in [2.75, 3.05) is 24.7 Å². The van der Waals surface area contributed by atoms with E-state index in [2.05, 4.69) is 0 Å². The second-order valence-corrected chi connectivity index (χ2v) is 6.31. The summed E-state index contributed by atoms with van der Waals surface area (Å²) in [6, 6.07) is 14.8. The van der Waals surface area contributed by atoms with E-state index in [-0.39, 0.29) is 0 Å². The van der Waals surface area contributed by atoms with Gasteiger partial charge >= 0.3 is 0 Å². The van der Waals surface area contributed by atoms with E-state index in [9.17, 15) is 0 Å². The molecule has 2 aromatic rings. The molecule has 0 bridgehead atoms. The smallest absolute Gasteiger partial charge is 0.119 e. The molecule has 5 heteroatoms. The average Bonchev–Trinajstić information content (AvgIpc) is 2.50. The molecule has 0 heterocycles. The minimum absolute atomic E-state index is 0.674. The molecule has 0 aliphatic heterocycles. The SMILES string of the molecule is Clc1ccc(OCCSCCOc2ccc(Cl)cc2)cc1. The van der Waals surface area contributed by atoms with E-state index in [1.54, 1.807) is 11.8 Å². The van der Waals surface area contributed by atoms with Crippen LogP contribution < -0.4 is 9.47 Å². The molecule has 0 aliphatic carbocycles. The van der Waals surface area contributed by atoms with Gasteiger partial charge in [-0.3, -0.25) is 0 Å². The van der Waals surface area contributed by atoms with Crippen LogP contribution in [0.3, 0.4) is 0 Å². The van der Waals surface area contributed by atoms with Crippen LogP contribution in [-0.4, -0.2) is 24.7 Å². The number of benzene rings is 2. The van der Waals surface area contributed by atoms with Crippen molar-refractivity contribution in [2.24, 2.45) is 0 Å². The Balaban J connectivity index is 1.52. The molecule has 112 valence electrons. The highest BCUT2D eigenvalue weighted by Crippen LogP contribution is 2.17. The number of ether oxygens (including phenoxy) is 2. The lowest BCUT2D eigenvalue weighted by Gasteiger charge is -2.07. The van der Waals surface area contributed by atoms with E-state index >= 15 is 0 Å². The van der Waals surface area contributed by atoms with Crippen LogP contribution in [0, 0.1) is 0 Å². The molecule has 2 aromatic carbocycles. The van der Waals surface area contributed by atoms with E-state index < -0.39 is 0 Å². The molecule has 0 aliphatic rings. The Morgan fingerprint density at radius 3 is 1.43 bits per heavy atom. The molecule has 0 amide bonds. The zero-order chi connectivity index (χ0) is 14.9. The van der Waals surface area contributed by atoms with Crippen LogP contribution in [-0.2, 0) is 0 Å². The van der Waals surface area contributed by atoms with Gasteiger partial charge in [-0.05, 0) is 48.5 Å². The van der Waals surface area contributed by atoms with Gasteiger partial charge in [-0.1, -0.05) is 23.2 Å². The molecule has 0 radical (unpaired) electrons. The molecule has 0 unspecified atom stereocenters. The van der Waals surface area contributed by atoms with Gasteiger partial charge in [0.1, 0.15) is 11.5 Å². The summed E-state index contributed by atoms with van der Waals surface area (Å²) in [5, 5.41) is 1.44. The van der Waals surface area contributed by atoms with Crippen molar-refractivity contribution in [2.45, 2.75) is 0 Å². The Morgan fingerprint density at radius 1 is 0.667 bits per heavy atom. The van der Waals surface area contributed by atoms with Crippen LogP contribution in [0.15, 0.2) is 48.5 Å². The largest absolute Gasteiger partial charge is 0.493 e. The zero-order valence-corrected chi connectivity index (χ0v) is 13.8. The molecule has 0 saturated heterocycles. The summed E-state index contributed by atoms with van der Waals surface area (Å²) in [5.74, 6) is 3.54. The minimum atomic E-state index is 0.674. The summed E-state index contributed by atoms with van der Waals surface area (Å²) >= 11 is 13.4. The second kappa shape index (κ2) is 9.08. The van der Waals surface area contributed by atoms with Crippen molar-refractivity contribution < 1.29 is 9.47 Å². The molecule has 0 N–H and O–H groups in total. The molecular weight excluding hydrogens is 327 g/mol. The van der Waals surface area contributed by atoms with Crippen molar-refractivity contribution in [1.29, 1.82) is 0 Å². The molecule has 0 fully saturated rings. The first-order chi connectivity index (χ1) is 10.2. The highest BCUT2D eigenvalue weighted by Gasteiger charge is 1.96. The molecule has 0 saturated carbocycles. The predicted molar refractivity (Wildman–Crippen MR) is 91.2 cm³/mol. The summed E-state index contributed by atoms with van der Waals surface area (Å²) in [5.41, 5.74) is 0. The topological polar surface area (TPSA) is 18.5 Å². The normalized spacial score (nSPS) is 10.4. The first kappa shape index (κ1) is 16.3. The van der Waals surface area contributed by atoms with Gasteiger partial charge in [0.15, 0.2) is 0 Å². The standard InChI is InChI=1S/C16H16Cl2O2S/c17-13-1-5-15(6-2-13)19-9-11-21-12-10-20-16-7-3-14(18)4-8-16/h1-8H,9-12H2. The quantitative estimate of drug-likeness (QED) is 0.615. The maximum Gasteiger partial charge on any atom is 0.119 e. The van der Waals surface area contributed by atoms with Crippen molar-refractivity contribution in [1.82, 2.24) is 0 Å². The van der Waals surface area contributed by atoms with Gasteiger partial charge in [-0.25, -0.2) is 0 Å². The van der Waals surface area contributed by atoms with E-state index in [1.165, 1.54) is 0 Å². The summed E-state index contributed by atoms with van der Waals surface area (Å²) in [6.07, 6.45) is 0. The predicted octanol–water partition coefficient (Wildman–Crippen LogP) is 5.18. The monoisotopic (exact) mass is 342 g/mol. The fraction of sp³-hybridized carbons (Fsp3) is 0.250. The highest BCUT2D eigenvalue weighted by molar-refractivity contribution is 7.99. The van der Waals surface area contributed by atoms with E-state index in [4.69, 9.17) is 32.7 Å². The third-order valence-corrected chi connectivity index (χ3v) is 4.03. The Hall–Kier alpha value is -1.03. The molecule has 0 spiro atoms. The Labute approximate surface area is 139 Å². The highest BCUT2D eigenvalue weighted by atomic mass is 35.5. The minimum Gasteiger partial charge on any atom is -0.493 e. The number of hydrogen-bond donors (Lipinski definition) is 0. The Bertz CT molecular complexity index is 479. The van der Waals surface area contributed by atoms with Gasteiger partial charge in [0.2, 0.25) is 0 Å². The van der Waals surface area contributed by atoms with Crippen molar-refractivity contribution in [3.8, 4) is 11.5 Å². The van der Waals surface area contributed by atoms with E-state index in [0.29, 0.717) is 13.2 Å². The first-order valence-electron chi connectivity index (χ1n) is 6.58. The lowest BCUT2D eigenvalue weighted by molar-refractivity contribution is 0.339.